The first-order valence-electron chi connectivity index (χ1n) is 6.11. The summed E-state index contributed by atoms with van der Waals surface area (Å²) < 4.78 is 1.64. The van der Waals surface area contributed by atoms with Gasteiger partial charge in [0.1, 0.15) is 5.56 Å². The number of nitrogens with zero attached hydrogens (tertiary/aromatic N) is 3. The van der Waals surface area contributed by atoms with Crippen molar-refractivity contribution < 1.29 is 4.79 Å². The molecule has 0 fully saturated rings. The number of hydrogen-bond acceptors (Lipinski definition) is 3. The van der Waals surface area contributed by atoms with Crippen molar-refractivity contribution in [2.75, 3.05) is 19.4 Å². The van der Waals surface area contributed by atoms with Gasteiger partial charge in [0.25, 0.3) is 5.91 Å². The van der Waals surface area contributed by atoms with Crippen molar-refractivity contribution in [2.45, 2.75) is 6.54 Å². The number of benzene rings is 1. The van der Waals surface area contributed by atoms with Gasteiger partial charge in [-0.05, 0) is 5.56 Å². The summed E-state index contributed by atoms with van der Waals surface area (Å²) in [6, 6.07) is 10.0. The summed E-state index contributed by atoms with van der Waals surface area (Å²) in [6.45, 7) is 0.644. The monoisotopic (exact) mass is 258 g/mol. The Bertz CT molecular complexity index is 560. The SMILES string of the molecule is CN(C)C(=O)c1cn(C)nc1NCc1ccccc1. The van der Waals surface area contributed by atoms with Gasteiger partial charge in [-0.2, -0.15) is 5.10 Å². The molecule has 2 aromatic rings. The van der Waals surface area contributed by atoms with E-state index in [1.54, 1.807) is 36.9 Å². The lowest BCUT2D eigenvalue weighted by atomic mass is 10.2. The van der Waals surface area contributed by atoms with E-state index >= 15 is 0 Å². The Morgan fingerprint density at radius 2 is 2.00 bits per heavy atom. The van der Waals surface area contributed by atoms with Gasteiger partial charge in [0.15, 0.2) is 5.82 Å². The van der Waals surface area contributed by atoms with Crippen LogP contribution in [-0.4, -0.2) is 34.7 Å². The van der Waals surface area contributed by atoms with Crippen LogP contribution in [0.5, 0.6) is 0 Å². The number of nitrogens with one attached hydrogen (secondary N) is 1. The maximum absolute atomic E-state index is 12.0. The fourth-order valence-electron chi connectivity index (χ4n) is 1.80. The molecule has 1 N–H and O–H groups in total. The van der Waals surface area contributed by atoms with Gasteiger partial charge < -0.3 is 10.2 Å². The molecule has 2 rings (SSSR count). The Kier molecular flexibility index (Phi) is 3.85. The van der Waals surface area contributed by atoms with Crippen LogP contribution in [-0.2, 0) is 13.6 Å². The zero-order valence-electron chi connectivity index (χ0n) is 11.4. The summed E-state index contributed by atoms with van der Waals surface area (Å²) in [4.78, 5) is 13.6. The zero-order valence-corrected chi connectivity index (χ0v) is 11.4. The van der Waals surface area contributed by atoms with E-state index in [0.717, 1.165) is 5.56 Å². The molecular formula is C14H18N4O. The molecule has 0 spiro atoms. The highest BCUT2D eigenvalue weighted by Crippen LogP contribution is 2.15. The topological polar surface area (TPSA) is 50.2 Å². The molecule has 0 aliphatic carbocycles. The van der Waals surface area contributed by atoms with Crippen molar-refractivity contribution in [3.8, 4) is 0 Å². The highest BCUT2D eigenvalue weighted by Gasteiger charge is 2.16. The summed E-state index contributed by atoms with van der Waals surface area (Å²) in [5.74, 6) is 0.564. The first-order valence-corrected chi connectivity index (χ1v) is 6.11. The third-order valence-corrected chi connectivity index (χ3v) is 2.77. The van der Waals surface area contributed by atoms with Crippen LogP contribution >= 0.6 is 0 Å². The van der Waals surface area contributed by atoms with Gasteiger partial charge in [-0.1, -0.05) is 30.3 Å². The highest BCUT2D eigenvalue weighted by atomic mass is 16.2. The summed E-state index contributed by atoms with van der Waals surface area (Å²) in [7, 11) is 5.27. The molecule has 1 amide bonds. The molecule has 0 saturated carbocycles. The molecule has 0 saturated heterocycles. The maximum atomic E-state index is 12.0. The van der Waals surface area contributed by atoms with Crippen LogP contribution < -0.4 is 5.32 Å². The molecule has 0 atom stereocenters. The van der Waals surface area contributed by atoms with E-state index in [2.05, 4.69) is 10.4 Å². The van der Waals surface area contributed by atoms with Crippen LogP contribution in [0.1, 0.15) is 15.9 Å². The smallest absolute Gasteiger partial charge is 0.258 e. The van der Waals surface area contributed by atoms with Crippen LogP contribution in [0.25, 0.3) is 0 Å². The fourth-order valence-corrected chi connectivity index (χ4v) is 1.80. The average Bonchev–Trinajstić information content (AvgIpc) is 2.77. The Morgan fingerprint density at radius 1 is 1.32 bits per heavy atom. The lowest BCUT2D eigenvalue weighted by Gasteiger charge is -2.10. The molecule has 5 nitrogen and oxygen atoms in total. The first-order chi connectivity index (χ1) is 9.08. The largest absolute Gasteiger partial charge is 0.364 e. The molecule has 0 aliphatic heterocycles. The number of hydrogen-bond donors (Lipinski definition) is 1. The van der Waals surface area contributed by atoms with Crippen LogP contribution in [0.4, 0.5) is 5.82 Å². The van der Waals surface area contributed by atoms with Crippen LogP contribution in [0, 0.1) is 0 Å². The van der Waals surface area contributed by atoms with Gasteiger partial charge in [-0.25, -0.2) is 0 Å². The van der Waals surface area contributed by atoms with Gasteiger partial charge >= 0.3 is 0 Å². The van der Waals surface area contributed by atoms with E-state index in [9.17, 15) is 4.79 Å². The number of rotatable bonds is 4. The second-order valence-corrected chi connectivity index (χ2v) is 4.60. The van der Waals surface area contributed by atoms with Gasteiger partial charge in [-0.3, -0.25) is 9.48 Å². The second-order valence-electron chi connectivity index (χ2n) is 4.60. The number of amides is 1. The average molecular weight is 258 g/mol. The van der Waals surface area contributed by atoms with E-state index in [-0.39, 0.29) is 5.91 Å². The van der Waals surface area contributed by atoms with Crippen molar-refractivity contribution >= 4 is 11.7 Å². The predicted octanol–water partition coefficient (Wildman–Crippen LogP) is 1.73. The fraction of sp³-hybridized carbons (Fsp3) is 0.286. The van der Waals surface area contributed by atoms with Crippen LogP contribution in [0.3, 0.4) is 0 Å². The van der Waals surface area contributed by atoms with Crippen molar-refractivity contribution in [3.05, 3.63) is 47.7 Å². The minimum Gasteiger partial charge on any atom is -0.364 e. The quantitative estimate of drug-likeness (QED) is 0.908. The van der Waals surface area contributed by atoms with Gasteiger partial charge in [0.05, 0.1) is 0 Å². The predicted molar refractivity (Wildman–Crippen MR) is 75.0 cm³/mol. The standard InChI is InChI=1S/C14H18N4O/c1-17(2)14(19)12-10-18(3)16-13(12)15-9-11-7-5-4-6-8-11/h4-8,10H,9H2,1-3H3,(H,15,16). The molecule has 0 radical (unpaired) electrons. The normalized spacial score (nSPS) is 10.3. The molecule has 1 heterocycles. The molecule has 0 bridgehead atoms. The number of anilines is 1. The number of aromatic nitrogens is 2. The lowest BCUT2D eigenvalue weighted by Crippen LogP contribution is -2.22. The number of carbonyl (C=O) groups is 1. The molecule has 0 unspecified atom stereocenters. The van der Waals surface area contributed by atoms with Gasteiger partial charge in [0, 0.05) is 33.9 Å². The first kappa shape index (κ1) is 13.1. The van der Waals surface area contributed by atoms with Gasteiger partial charge in [0.2, 0.25) is 0 Å². The Hall–Kier alpha value is -2.30. The number of aryl methyl sites for hydroxylation is 1. The van der Waals surface area contributed by atoms with E-state index in [1.807, 2.05) is 30.3 Å². The number of carbonyl (C=O) groups excluding carboxylic acids is 1. The summed E-state index contributed by atoms with van der Waals surface area (Å²) in [6.07, 6.45) is 1.73. The Labute approximate surface area is 112 Å². The molecule has 100 valence electrons. The molecular weight excluding hydrogens is 240 g/mol. The Morgan fingerprint density at radius 3 is 2.63 bits per heavy atom. The van der Waals surface area contributed by atoms with Crippen LogP contribution in [0.15, 0.2) is 36.5 Å². The van der Waals surface area contributed by atoms with Crippen molar-refractivity contribution in [2.24, 2.45) is 7.05 Å². The minimum atomic E-state index is -0.0522. The zero-order chi connectivity index (χ0) is 13.8. The summed E-state index contributed by atoms with van der Waals surface area (Å²) in [5, 5.41) is 7.49. The van der Waals surface area contributed by atoms with Crippen molar-refractivity contribution in [1.82, 2.24) is 14.7 Å². The molecule has 1 aromatic carbocycles. The minimum absolute atomic E-state index is 0.0522. The van der Waals surface area contributed by atoms with E-state index < -0.39 is 0 Å². The molecule has 0 aliphatic rings. The van der Waals surface area contributed by atoms with Crippen molar-refractivity contribution in [1.29, 1.82) is 0 Å². The van der Waals surface area contributed by atoms with E-state index in [4.69, 9.17) is 0 Å². The Balaban J connectivity index is 2.14. The summed E-state index contributed by atoms with van der Waals surface area (Å²) in [5.41, 5.74) is 1.74. The summed E-state index contributed by atoms with van der Waals surface area (Å²) >= 11 is 0. The second kappa shape index (κ2) is 5.56. The molecule has 19 heavy (non-hydrogen) atoms. The lowest BCUT2D eigenvalue weighted by molar-refractivity contribution is 0.0828. The molecule has 1 aromatic heterocycles. The maximum Gasteiger partial charge on any atom is 0.258 e. The van der Waals surface area contributed by atoms with E-state index in [1.165, 1.54) is 0 Å². The van der Waals surface area contributed by atoms with Crippen LogP contribution in [0.2, 0.25) is 0 Å². The third-order valence-electron chi connectivity index (χ3n) is 2.77. The van der Waals surface area contributed by atoms with Gasteiger partial charge in [-0.15, -0.1) is 0 Å². The third kappa shape index (κ3) is 3.13. The molecule has 5 heteroatoms. The highest BCUT2D eigenvalue weighted by molar-refractivity contribution is 5.98. The van der Waals surface area contributed by atoms with Crippen molar-refractivity contribution in [3.63, 3.8) is 0 Å². The van der Waals surface area contributed by atoms with E-state index in [0.29, 0.717) is 17.9 Å².